The zero-order valence-corrected chi connectivity index (χ0v) is 17.3. The van der Waals surface area contributed by atoms with E-state index in [0.717, 1.165) is 17.5 Å². The van der Waals surface area contributed by atoms with Gasteiger partial charge in [-0.25, -0.2) is 0 Å². The van der Waals surface area contributed by atoms with E-state index in [1.165, 1.54) is 5.39 Å². The maximum atomic E-state index is 10.4. The fraction of sp³-hybridized carbons (Fsp3) is 0.304. The number of halogens is 1. The smallest absolute Gasteiger partial charge is 0.138 e. The Hall–Kier alpha value is -2.65. The third-order valence-corrected chi connectivity index (χ3v) is 5.28. The highest BCUT2D eigenvalue weighted by Gasteiger charge is 2.17. The SMILES string of the molecule is CC(Cc1cc2ccccc2cn1)N(C)C[C@@H](O)COc1cccc(Cl)c1C#N. The Labute approximate surface area is 176 Å². The standard InChI is InChI=1S/C23H24ClN3O2/c1-16(10-19-11-17-6-3-4-7-18(17)13-26-19)27(2)14-20(28)15-29-23-9-5-8-22(24)21(23)12-25/h3-9,11,13,16,20,28H,10,14-15H2,1-2H3/t16?,20-/m1/s1. The highest BCUT2D eigenvalue weighted by Crippen LogP contribution is 2.25. The summed E-state index contributed by atoms with van der Waals surface area (Å²) in [6, 6.07) is 17.5. The fourth-order valence-corrected chi connectivity index (χ4v) is 3.39. The van der Waals surface area contributed by atoms with Crippen molar-refractivity contribution in [3.8, 4) is 11.8 Å². The van der Waals surface area contributed by atoms with Crippen molar-refractivity contribution in [2.45, 2.75) is 25.5 Å². The molecule has 0 saturated heterocycles. The lowest BCUT2D eigenvalue weighted by atomic mass is 10.1. The number of nitrogens with zero attached hydrogens (tertiary/aromatic N) is 3. The molecule has 0 radical (unpaired) electrons. The van der Waals surface area contributed by atoms with Crippen molar-refractivity contribution in [3.63, 3.8) is 0 Å². The summed E-state index contributed by atoms with van der Waals surface area (Å²) < 4.78 is 5.62. The van der Waals surface area contributed by atoms with Gasteiger partial charge in [0, 0.05) is 36.3 Å². The summed E-state index contributed by atoms with van der Waals surface area (Å²) in [6.45, 7) is 2.63. The molecule has 1 N–H and O–H groups in total. The molecule has 3 aromatic rings. The van der Waals surface area contributed by atoms with Gasteiger partial charge in [0.1, 0.15) is 30.1 Å². The van der Waals surface area contributed by atoms with Gasteiger partial charge in [-0.05, 0) is 37.6 Å². The lowest BCUT2D eigenvalue weighted by Gasteiger charge is -2.27. The third kappa shape index (κ3) is 5.45. The van der Waals surface area contributed by atoms with Crippen molar-refractivity contribution in [2.75, 3.05) is 20.2 Å². The van der Waals surface area contributed by atoms with E-state index in [0.29, 0.717) is 17.3 Å². The second-order valence-corrected chi connectivity index (χ2v) is 7.61. The number of aliphatic hydroxyl groups is 1. The summed E-state index contributed by atoms with van der Waals surface area (Å²) >= 11 is 6.00. The Morgan fingerprint density at radius 1 is 1.21 bits per heavy atom. The molecule has 1 heterocycles. The number of ether oxygens (including phenoxy) is 1. The summed E-state index contributed by atoms with van der Waals surface area (Å²) in [5, 5.41) is 22.2. The molecular formula is C23H24ClN3O2. The van der Waals surface area contributed by atoms with Gasteiger partial charge in [0.25, 0.3) is 0 Å². The van der Waals surface area contributed by atoms with Gasteiger partial charge in [-0.3, -0.25) is 4.98 Å². The van der Waals surface area contributed by atoms with E-state index < -0.39 is 6.10 Å². The molecule has 0 aliphatic rings. The number of nitriles is 1. The van der Waals surface area contributed by atoms with Crippen LogP contribution in [0.2, 0.25) is 5.02 Å². The number of pyridine rings is 1. The minimum absolute atomic E-state index is 0.0836. The zero-order chi connectivity index (χ0) is 20.8. The van der Waals surface area contributed by atoms with E-state index in [9.17, 15) is 10.4 Å². The van der Waals surface area contributed by atoms with Gasteiger partial charge in [0.2, 0.25) is 0 Å². The lowest BCUT2D eigenvalue weighted by Crippen LogP contribution is -2.39. The van der Waals surface area contributed by atoms with Crippen LogP contribution in [0.5, 0.6) is 5.75 Å². The molecule has 2 aromatic carbocycles. The summed E-state index contributed by atoms with van der Waals surface area (Å²) in [7, 11) is 1.97. The Morgan fingerprint density at radius 3 is 2.72 bits per heavy atom. The van der Waals surface area contributed by atoms with Gasteiger partial charge in [-0.1, -0.05) is 41.9 Å². The molecule has 3 rings (SSSR count). The van der Waals surface area contributed by atoms with Gasteiger partial charge in [-0.15, -0.1) is 0 Å². The molecule has 0 aliphatic carbocycles. The van der Waals surface area contributed by atoms with Crippen LogP contribution in [-0.4, -0.2) is 47.3 Å². The largest absolute Gasteiger partial charge is 0.489 e. The van der Waals surface area contributed by atoms with Gasteiger partial charge < -0.3 is 14.7 Å². The Morgan fingerprint density at radius 2 is 1.97 bits per heavy atom. The van der Waals surface area contributed by atoms with Gasteiger partial charge >= 0.3 is 0 Å². The predicted molar refractivity (Wildman–Crippen MR) is 115 cm³/mol. The summed E-state index contributed by atoms with van der Waals surface area (Å²) in [4.78, 5) is 6.63. The maximum Gasteiger partial charge on any atom is 0.138 e. The van der Waals surface area contributed by atoms with Gasteiger partial charge in [0.15, 0.2) is 0 Å². The van der Waals surface area contributed by atoms with Crippen LogP contribution >= 0.6 is 11.6 Å². The zero-order valence-electron chi connectivity index (χ0n) is 16.5. The number of aromatic nitrogens is 1. The Balaban J connectivity index is 1.54. The van der Waals surface area contributed by atoms with Crippen molar-refractivity contribution in [2.24, 2.45) is 0 Å². The molecule has 0 spiro atoms. The van der Waals surface area contributed by atoms with Gasteiger partial charge in [0.05, 0.1) is 5.02 Å². The van der Waals surface area contributed by atoms with Crippen LogP contribution < -0.4 is 4.74 Å². The summed E-state index contributed by atoms with van der Waals surface area (Å²) in [6.07, 6.45) is 1.98. The first kappa shape index (κ1) is 21.1. The van der Waals surface area contributed by atoms with E-state index >= 15 is 0 Å². The molecule has 0 saturated carbocycles. The average molecular weight is 410 g/mol. The van der Waals surface area contributed by atoms with E-state index in [1.807, 2.05) is 31.4 Å². The number of fused-ring (bicyclic) bond motifs is 1. The maximum absolute atomic E-state index is 10.4. The van der Waals surface area contributed by atoms with Crippen molar-refractivity contribution < 1.29 is 9.84 Å². The highest BCUT2D eigenvalue weighted by molar-refractivity contribution is 6.31. The van der Waals surface area contributed by atoms with Gasteiger partial charge in [-0.2, -0.15) is 5.26 Å². The topological polar surface area (TPSA) is 69.4 Å². The molecule has 5 nitrogen and oxygen atoms in total. The van der Waals surface area contributed by atoms with E-state index in [1.54, 1.807) is 18.2 Å². The molecule has 150 valence electrons. The normalized spacial score (nSPS) is 13.2. The quantitative estimate of drug-likeness (QED) is 0.607. The van der Waals surface area contributed by atoms with E-state index in [4.69, 9.17) is 16.3 Å². The number of aliphatic hydroxyl groups excluding tert-OH is 1. The van der Waals surface area contributed by atoms with Crippen LogP contribution in [0.1, 0.15) is 18.2 Å². The molecule has 29 heavy (non-hydrogen) atoms. The molecular weight excluding hydrogens is 386 g/mol. The molecule has 0 aliphatic heterocycles. The van der Waals surface area contributed by atoms with Crippen molar-refractivity contribution in [1.29, 1.82) is 5.26 Å². The third-order valence-electron chi connectivity index (χ3n) is 4.96. The minimum atomic E-state index is -0.697. The average Bonchev–Trinajstić information content (AvgIpc) is 2.72. The second kappa shape index (κ2) is 9.71. The van der Waals surface area contributed by atoms with Crippen LogP contribution in [0.3, 0.4) is 0 Å². The summed E-state index contributed by atoms with van der Waals surface area (Å²) in [5.74, 6) is 0.384. The van der Waals surface area contributed by atoms with Crippen LogP contribution in [-0.2, 0) is 6.42 Å². The van der Waals surface area contributed by atoms with Crippen LogP contribution in [0.25, 0.3) is 10.8 Å². The van der Waals surface area contributed by atoms with Crippen LogP contribution in [0, 0.1) is 11.3 Å². The van der Waals surface area contributed by atoms with E-state index in [-0.39, 0.29) is 18.2 Å². The summed E-state index contributed by atoms with van der Waals surface area (Å²) in [5.41, 5.74) is 1.30. The first-order chi connectivity index (χ1) is 14.0. The monoisotopic (exact) mass is 409 g/mol. The van der Waals surface area contributed by atoms with Crippen LogP contribution in [0.4, 0.5) is 0 Å². The number of hydrogen-bond acceptors (Lipinski definition) is 5. The minimum Gasteiger partial charge on any atom is -0.489 e. The fourth-order valence-electron chi connectivity index (χ4n) is 3.18. The first-order valence-corrected chi connectivity index (χ1v) is 9.89. The van der Waals surface area contributed by atoms with Crippen molar-refractivity contribution in [1.82, 2.24) is 9.88 Å². The van der Waals surface area contributed by atoms with Crippen LogP contribution in [0.15, 0.2) is 54.7 Å². The number of rotatable bonds is 8. The van der Waals surface area contributed by atoms with Crippen molar-refractivity contribution in [3.05, 3.63) is 71.0 Å². The Kier molecular flexibility index (Phi) is 7.05. The molecule has 0 fully saturated rings. The number of benzene rings is 2. The molecule has 1 aromatic heterocycles. The molecule has 0 bridgehead atoms. The predicted octanol–water partition coefficient (Wildman–Crippen LogP) is 4.06. The highest BCUT2D eigenvalue weighted by atomic mass is 35.5. The lowest BCUT2D eigenvalue weighted by molar-refractivity contribution is 0.0652. The molecule has 6 heteroatoms. The first-order valence-electron chi connectivity index (χ1n) is 9.51. The number of likely N-dealkylation sites (N-methyl/N-ethyl adjacent to an activating group) is 1. The Bertz CT molecular complexity index is 1020. The molecule has 2 atom stereocenters. The van der Waals surface area contributed by atoms with E-state index in [2.05, 4.69) is 35.0 Å². The number of hydrogen-bond donors (Lipinski definition) is 1. The molecule has 1 unspecified atom stereocenters. The van der Waals surface area contributed by atoms with Crippen molar-refractivity contribution >= 4 is 22.4 Å². The molecule has 0 amide bonds. The second-order valence-electron chi connectivity index (χ2n) is 7.21.